The van der Waals surface area contributed by atoms with Crippen LogP contribution in [0.2, 0.25) is 39.3 Å². The van der Waals surface area contributed by atoms with Gasteiger partial charge in [-0.1, -0.05) is 117 Å². The number of hydrogen-bond acceptors (Lipinski definition) is 6. The highest BCUT2D eigenvalue weighted by atomic mass is 32.2. The molecule has 2 aliphatic rings. The molecule has 0 saturated heterocycles. The lowest BCUT2D eigenvalue weighted by atomic mass is 9.98. The van der Waals surface area contributed by atoms with Crippen LogP contribution in [-0.2, 0) is 9.59 Å². The number of unbranched alkanes of at least 4 members (excludes halogenated alkanes) is 2. The first-order valence-electron chi connectivity index (χ1n) is 18.5. The lowest BCUT2D eigenvalue weighted by Crippen LogP contribution is -2.34. The van der Waals surface area contributed by atoms with Gasteiger partial charge in [-0.3, -0.25) is 9.59 Å². The first-order valence-corrected chi connectivity index (χ1v) is 29.6. The topological polar surface area (TPSA) is 40.6 Å². The molecule has 4 heterocycles. The summed E-state index contributed by atoms with van der Waals surface area (Å²) < 4.78 is 0. The van der Waals surface area contributed by atoms with Crippen LogP contribution in [0.1, 0.15) is 98.6 Å². The molecule has 0 spiro atoms. The van der Waals surface area contributed by atoms with Gasteiger partial charge in [-0.2, -0.15) is 0 Å². The number of hydrogen-bond donors (Lipinski definition) is 0. The number of thiophene rings is 2. The lowest BCUT2D eigenvalue weighted by Gasteiger charge is -2.25. The summed E-state index contributed by atoms with van der Waals surface area (Å²) in [6, 6.07) is 0. The highest BCUT2D eigenvalue weighted by Gasteiger charge is 2.47. The summed E-state index contributed by atoms with van der Waals surface area (Å²) in [5.41, 5.74) is 10.3. The summed E-state index contributed by atoms with van der Waals surface area (Å²) in [7, 11) is -3.30. The molecule has 0 aromatic carbocycles. The average Bonchev–Trinajstić information content (AvgIpc) is 3.75. The van der Waals surface area contributed by atoms with E-state index in [4.69, 9.17) is 0 Å². The van der Waals surface area contributed by atoms with Crippen molar-refractivity contribution < 1.29 is 9.59 Å². The second-order valence-corrected chi connectivity index (χ2v) is 28.9. The zero-order valence-electron chi connectivity index (χ0n) is 32.6. The highest BCUT2D eigenvalue weighted by molar-refractivity contribution is 7.99. The average molecular weight is 783 g/mol. The molecular weight excluding hydrogens is 725 g/mol. The van der Waals surface area contributed by atoms with E-state index in [1.54, 1.807) is 46.2 Å². The van der Waals surface area contributed by atoms with Crippen LogP contribution in [0.15, 0.2) is 9.79 Å². The molecular formula is C40H58N2O2S4Si2. The van der Waals surface area contributed by atoms with Gasteiger partial charge in [-0.15, -0.1) is 57.3 Å². The number of carbonyl (C=O) groups excluding carboxylic acids is 2. The molecule has 0 saturated carbocycles. The van der Waals surface area contributed by atoms with Gasteiger partial charge >= 0.3 is 0 Å². The predicted octanol–water partition coefficient (Wildman–Crippen LogP) is 11.7. The Kier molecular flexibility index (Phi) is 14.3. The molecule has 0 fully saturated rings. The fourth-order valence-electron chi connectivity index (χ4n) is 6.48. The summed E-state index contributed by atoms with van der Waals surface area (Å²) in [5.74, 6) is 7.87. The van der Waals surface area contributed by atoms with E-state index in [-0.39, 0.29) is 11.8 Å². The Morgan fingerprint density at radius 2 is 1.00 bits per heavy atom. The van der Waals surface area contributed by atoms with E-state index in [9.17, 15) is 9.59 Å². The Bertz CT molecular complexity index is 1610. The van der Waals surface area contributed by atoms with E-state index in [0.717, 1.165) is 92.0 Å². The zero-order valence-corrected chi connectivity index (χ0v) is 37.8. The molecule has 2 amide bonds. The molecule has 0 aliphatic carbocycles. The molecule has 10 heteroatoms. The Balaban J connectivity index is 2.04. The molecule has 50 heavy (non-hydrogen) atoms. The van der Waals surface area contributed by atoms with Gasteiger partial charge in [0.15, 0.2) is 0 Å². The van der Waals surface area contributed by atoms with Crippen LogP contribution in [0.25, 0.3) is 11.1 Å². The smallest absolute Gasteiger partial charge is 0.260 e. The summed E-state index contributed by atoms with van der Waals surface area (Å²) in [4.78, 5) is 40.1. The SMILES string of the molecule is CCCCC(CC)CN1C(=O)/C(=C2/C(=O)N(CC(CC)CCCC)c3c2sc(C#C[Si](C)(C)C)c3SC)c2sc(C#C[Si](C)(C)C)c(SC)c21. The molecule has 0 N–H and O–H groups in total. The van der Waals surface area contributed by atoms with Crippen LogP contribution in [0, 0.1) is 34.8 Å². The molecule has 272 valence electrons. The first kappa shape index (κ1) is 41.1. The van der Waals surface area contributed by atoms with Crippen LogP contribution in [0.5, 0.6) is 0 Å². The van der Waals surface area contributed by atoms with Crippen LogP contribution in [-0.4, -0.2) is 53.6 Å². The van der Waals surface area contributed by atoms with Crippen molar-refractivity contribution in [2.45, 2.75) is 128 Å². The van der Waals surface area contributed by atoms with Crippen LogP contribution < -0.4 is 9.80 Å². The third-order valence-electron chi connectivity index (χ3n) is 9.32. The van der Waals surface area contributed by atoms with Crippen molar-refractivity contribution in [2.75, 3.05) is 35.4 Å². The number of anilines is 2. The number of fused-ring (bicyclic) bond motifs is 2. The van der Waals surface area contributed by atoms with E-state index in [1.807, 2.05) is 9.80 Å². The van der Waals surface area contributed by atoms with Crippen molar-refractivity contribution in [2.24, 2.45) is 11.8 Å². The van der Waals surface area contributed by atoms with E-state index in [1.165, 1.54) is 0 Å². The van der Waals surface area contributed by atoms with Crippen molar-refractivity contribution in [3.8, 4) is 22.9 Å². The van der Waals surface area contributed by atoms with Gasteiger partial charge in [0.1, 0.15) is 16.1 Å². The minimum absolute atomic E-state index is 0.0239. The number of amides is 2. The molecule has 0 radical (unpaired) electrons. The summed E-state index contributed by atoms with van der Waals surface area (Å²) in [5, 5.41) is 0. The summed E-state index contributed by atoms with van der Waals surface area (Å²) >= 11 is 6.61. The van der Waals surface area contributed by atoms with E-state index < -0.39 is 16.1 Å². The van der Waals surface area contributed by atoms with Crippen LogP contribution in [0.4, 0.5) is 11.4 Å². The Morgan fingerprint density at radius 3 is 1.28 bits per heavy atom. The number of carbonyl (C=O) groups is 2. The monoisotopic (exact) mass is 782 g/mol. The Morgan fingerprint density at radius 1 is 0.640 bits per heavy atom. The van der Waals surface area contributed by atoms with Crippen molar-refractivity contribution in [1.82, 2.24) is 0 Å². The first-order chi connectivity index (χ1) is 23.6. The minimum Gasteiger partial charge on any atom is -0.305 e. The quantitative estimate of drug-likeness (QED) is 0.0828. The maximum atomic E-state index is 15.0. The minimum atomic E-state index is -1.65. The van der Waals surface area contributed by atoms with Crippen LogP contribution in [0.3, 0.4) is 0 Å². The number of rotatable bonds is 14. The molecule has 2 aliphatic heterocycles. The third kappa shape index (κ3) is 9.09. The van der Waals surface area contributed by atoms with Crippen LogP contribution >= 0.6 is 46.2 Å². The molecule has 0 bridgehead atoms. The van der Waals surface area contributed by atoms with Gasteiger partial charge in [-0.25, -0.2) is 0 Å². The molecule has 4 rings (SSSR count). The Hall–Kier alpha value is -1.67. The normalized spacial score (nSPS) is 17.0. The molecule has 2 aromatic rings. The lowest BCUT2D eigenvalue weighted by molar-refractivity contribution is -0.114. The second kappa shape index (κ2) is 17.4. The molecule has 2 atom stereocenters. The van der Waals surface area contributed by atoms with Crippen molar-refractivity contribution >= 4 is 96.7 Å². The van der Waals surface area contributed by atoms with Gasteiger partial charge in [-0.05, 0) is 37.2 Å². The number of nitrogens with zero attached hydrogens (tertiary/aromatic N) is 2. The summed E-state index contributed by atoms with van der Waals surface area (Å²) in [6.07, 6.45) is 13.0. The standard InChI is InChI=1S/C40H58N2O2S4Si2/c1-13-17-19-27(15-3)25-41-33-35(45-5)29(21-23-49(7,8)9)47-37(33)31(39(41)43)32-38-34(36(46-6)30(48-38)22-24-50(10,11)12)42(40(32)44)26-28(16-4)20-18-14-2/h27-28H,13-20,25-26H2,1-12H3/b32-31+. The van der Waals surface area contributed by atoms with E-state index in [0.29, 0.717) is 36.1 Å². The van der Waals surface area contributed by atoms with Gasteiger partial charge < -0.3 is 9.80 Å². The van der Waals surface area contributed by atoms with Gasteiger partial charge in [0.25, 0.3) is 11.8 Å². The van der Waals surface area contributed by atoms with Gasteiger partial charge in [0.2, 0.25) is 0 Å². The molecule has 2 aromatic heterocycles. The maximum Gasteiger partial charge on any atom is 0.260 e. The largest absolute Gasteiger partial charge is 0.305 e. The van der Waals surface area contributed by atoms with Gasteiger partial charge in [0.05, 0.1) is 51.8 Å². The third-order valence-corrected chi connectivity index (χ3v) is 15.2. The second-order valence-electron chi connectivity index (χ2n) is 15.7. The van der Waals surface area contributed by atoms with Gasteiger partial charge in [0, 0.05) is 13.1 Å². The highest BCUT2D eigenvalue weighted by Crippen LogP contribution is 2.57. The maximum absolute atomic E-state index is 15.0. The predicted molar refractivity (Wildman–Crippen MR) is 231 cm³/mol. The number of thioether (sulfide) groups is 2. The van der Waals surface area contributed by atoms with Crippen molar-refractivity contribution in [3.05, 3.63) is 19.5 Å². The fourth-order valence-corrected chi connectivity index (χ4v) is 12.0. The fraction of sp³-hybridized carbons (Fsp3) is 0.600. The van der Waals surface area contributed by atoms with E-state index >= 15 is 0 Å². The Labute approximate surface area is 322 Å². The molecule has 2 unspecified atom stereocenters. The van der Waals surface area contributed by atoms with E-state index in [2.05, 4.69) is 102 Å². The zero-order chi connectivity index (χ0) is 37.0. The van der Waals surface area contributed by atoms with Crippen molar-refractivity contribution in [1.29, 1.82) is 0 Å². The molecule has 4 nitrogen and oxygen atoms in total. The van der Waals surface area contributed by atoms with Crippen molar-refractivity contribution in [3.63, 3.8) is 0 Å². The summed E-state index contributed by atoms with van der Waals surface area (Å²) in [6.45, 7) is 23.9.